The van der Waals surface area contributed by atoms with E-state index in [2.05, 4.69) is 11.8 Å². The lowest BCUT2D eigenvalue weighted by molar-refractivity contribution is -0.133. The number of amides is 2. The van der Waals surface area contributed by atoms with Crippen LogP contribution in [0.1, 0.15) is 31.2 Å². The zero-order valence-electron chi connectivity index (χ0n) is 15.1. The summed E-state index contributed by atoms with van der Waals surface area (Å²) >= 11 is 12.1. The van der Waals surface area contributed by atoms with Crippen molar-refractivity contribution in [3.63, 3.8) is 0 Å². The molecular formula is C21H22Cl2N2O2. The molecule has 3 aliphatic rings. The summed E-state index contributed by atoms with van der Waals surface area (Å²) in [5, 5.41) is 0. The van der Waals surface area contributed by atoms with Crippen molar-refractivity contribution in [2.45, 2.75) is 30.0 Å². The average molecular weight is 405 g/mol. The van der Waals surface area contributed by atoms with E-state index in [1.807, 2.05) is 40.1 Å². The Balaban J connectivity index is 1.31. The lowest BCUT2D eigenvalue weighted by Gasteiger charge is -2.38. The third-order valence-electron chi connectivity index (χ3n) is 6.07. The third kappa shape index (κ3) is 3.95. The van der Waals surface area contributed by atoms with Gasteiger partial charge in [0.1, 0.15) is 4.33 Å². The van der Waals surface area contributed by atoms with Crippen molar-refractivity contribution in [1.29, 1.82) is 0 Å². The fourth-order valence-corrected chi connectivity index (χ4v) is 4.64. The van der Waals surface area contributed by atoms with Crippen LogP contribution >= 0.6 is 23.2 Å². The van der Waals surface area contributed by atoms with Gasteiger partial charge in [0.2, 0.25) is 5.91 Å². The monoisotopic (exact) mass is 404 g/mol. The molecule has 2 amide bonds. The molecule has 142 valence electrons. The van der Waals surface area contributed by atoms with Gasteiger partial charge in [0, 0.05) is 37.7 Å². The van der Waals surface area contributed by atoms with E-state index in [0.29, 0.717) is 19.5 Å². The van der Waals surface area contributed by atoms with Crippen LogP contribution in [0, 0.1) is 23.2 Å². The van der Waals surface area contributed by atoms with E-state index in [0.717, 1.165) is 37.9 Å². The maximum atomic E-state index is 12.5. The highest BCUT2D eigenvalue weighted by Gasteiger charge is 2.58. The standard InChI is InChI=1S/C21H22Cl2N2O2/c22-21(23)14-17(21)19(27)25-13-10-20(15-25)8-11-24(12-9-20)18(26)7-6-16-4-2-1-3-5-16/h1-5,17H,8-15H2. The van der Waals surface area contributed by atoms with Gasteiger partial charge in [0.25, 0.3) is 5.91 Å². The summed E-state index contributed by atoms with van der Waals surface area (Å²) in [4.78, 5) is 28.6. The van der Waals surface area contributed by atoms with Gasteiger partial charge in [-0.1, -0.05) is 24.1 Å². The molecule has 27 heavy (non-hydrogen) atoms. The number of carbonyl (C=O) groups is 2. The van der Waals surface area contributed by atoms with Gasteiger partial charge in [-0.05, 0) is 43.2 Å². The van der Waals surface area contributed by atoms with E-state index in [-0.39, 0.29) is 23.1 Å². The molecule has 0 aromatic heterocycles. The van der Waals surface area contributed by atoms with Gasteiger partial charge < -0.3 is 9.80 Å². The molecule has 2 heterocycles. The molecule has 4 rings (SSSR count). The highest BCUT2D eigenvalue weighted by molar-refractivity contribution is 6.52. The van der Waals surface area contributed by atoms with E-state index < -0.39 is 4.33 Å². The fourth-order valence-electron chi connectivity index (χ4n) is 4.14. The van der Waals surface area contributed by atoms with Crippen LogP contribution < -0.4 is 0 Å². The molecule has 1 aliphatic carbocycles. The molecule has 1 atom stereocenters. The van der Waals surface area contributed by atoms with Crippen molar-refractivity contribution in [1.82, 2.24) is 9.80 Å². The van der Waals surface area contributed by atoms with Gasteiger partial charge in [0.15, 0.2) is 0 Å². The van der Waals surface area contributed by atoms with Crippen LogP contribution in [0.4, 0.5) is 0 Å². The normalized spacial score (nSPS) is 25.0. The van der Waals surface area contributed by atoms with Crippen molar-refractivity contribution < 1.29 is 9.59 Å². The Morgan fingerprint density at radius 2 is 1.59 bits per heavy atom. The molecule has 4 nitrogen and oxygen atoms in total. The van der Waals surface area contributed by atoms with Gasteiger partial charge in [-0.15, -0.1) is 23.2 Å². The SMILES string of the molecule is O=C(C#Cc1ccccc1)N1CCC2(CC1)CCN(C(=O)C1CC1(Cl)Cl)C2. The molecule has 1 unspecified atom stereocenters. The van der Waals surface area contributed by atoms with Crippen LogP contribution in [0.15, 0.2) is 30.3 Å². The third-order valence-corrected chi connectivity index (χ3v) is 6.91. The van der Waals surface area contributed by atoms with E-state index in [4.69, 9.17) is 23.2 Å². The first-order chi connectivity index (χ1) is 12.9. The second-order valence-corrected chi connectivity index (χ2v) is 9.48. The van der Waals surface area contributed by atoms with Crippen molar-refractivity contribution in [3.05, 3.63) is 35.9 Å². The van der Waals surface area contributed by atoms with Crippen LogP contribution in [0.3, 0.4) is 0 Å². The number of halogens is 2. The predicted octanol–water partition coefficient (Wildman–Crippen LogP) is 3.07. The average Bonchev–Trinajstić information content (AvgIpc) is 3.12. The lowest BCUT2D eigenvalue weighted by atomic mass is 9.78. The van der Waals surface area contributed by atoms with Crippen molar-refractivity contribution in [3.8, 4) is 11.8 Å². The van der Waals surface area contributed by atoms with Crippen LogP contribution in [-0.2, 0) is 9.59 Å². The molecule has 0 radical (unpaired) electrons. The summed E-state index contributed by atoms with van der Waals surface area (Å²) in [7, 11) is 0. The predicted molar refractivity (Wildman–Crippen MR) is 105 cm³/mol. The number of piperidine rings is 1. The van der Waals surface area contributed by atoms with Crippen LogP contribution in [0.5, 0.6) is 0 Å². The molecule has 2 aliphatic heterocycles. The number of hydrogen-bond acceptors (Lipinski definition) is 2. The number of carbonyl (C=O) groups excluding carboxylic acids is 2. The Labute approximate surface area is 169 Å². The number of alkyl halides is 2. The van der Waals surface area contributed by atoms with Crippen molar-refractivity contribution in [2.75, 3.05) is 26.2 Å². The minimum absolute atomic E-state index is 0.0871. The topological polar surface area (TPSA) is 40.6 Å². The van der Waals surface area contributed by atoms with E-state index in [1.165, 1.54) is 0 Å². The molecule has 1 aromatic rings. The zero-order chi connectivity index (χ0) is 19.1. The summed E-state index contributed by atoms with van der Waals surface area (Å²) in [6, 6.07) is 9.53. The van der Waals surface area contributed by atoms with Gasteiger partial charge in [-0.3, -0.25) is 9.59 Å². The van der Waals surface area contributed by atoms with E-state index in [9.17, 15) is 9.59 Å². The second kappa shape index (κ2) is 7.04. The highest BCUT2D eigenvalue weighted by atomic mass is 35.5. The van der Waals surface area contributed by atoms with Crippen LogP contribution in [0.2, 0.25) is 0 Å². The van der Waals surface area contributed by atoms with Crippen molar-refractivity contribution in [2.24, 2.45) is 11.3 Å². The summed E-state index contributed by atoms with van der Waals surface area (Å²) < 4.78 is -0.861. The molecule has 6 heteroatoms. The molecule has 2 saturated heterocycles. The first kappa shape index (κ1) is 18.7. The van der Waals surface area contributed by atoms with Gasteiger partial charge in [-0.25, -0.2) is 0 Å². The molecule has 0 N–H and O–H groups in total. The summed E-state index contributed by atoms with van der Waals surface area (Å²) in [6.07, 6.45) is 3.36. The summed E-state index contributed by atoms with van der Waals surface area (Å²) in [6.45, 7) is 2.91. The fraction of sp³-hybridized carbons (Fsp3) is 0.524. The minimum Gasteiger partial charge on any atom is -0.342 e. The smallest absolute Gasteiger partial charge is 0.298 e. The number of hydrogen-bond donors (Lipinski definition) is 0. The molecule has 1 saturated carbocycles. The Bertz CT molecular complexity index is 804. The Hall–Kier alpha value is -1.70. The Morgan fingerprint density at radius 1 is 1.00 bits per heavy atom. The number of likely N-dealkylation sites (tertiary alicyclic amines) is 2. The molecule has 3 fully saturated rings. The molecule has 1 spiro atoms. The van der Waals surface area contributed by atoms with E-state index in [1.54, 1.807) is 0 Å². The maximum Gasteiger partial charge on any atom is 0.298 e. The summed E-state index contributed by atoms with van der Waals surface area (Å²) in [5.41, 5.74) is 0.967. The maximum absolute atomic E-state index is 12.5. The highest BCUT2D eigenvalue weighted by Crippen LogP contribution is 2.54. The zero-order valence-corrected chi connectivity index (χ0v) is 16.6. The first-order valence-corrected chi connectivity index (χ1v) is 10.2. The summed E-state index contributed by atoms with van der Waals surface area (Å²) in [5.74, 6) is 5.41. The molecule has 0 bridgehead atoms. The number of nitrogens with zero attached hydrogens (tertiary/aromatic N) is 2. The molecular weight excluding hydrogens is 383 g/mol. The van der Waals surface area contributed by atoms with Crippen LogP contribution in [0.25, 0.3) is 0 Å². The van der Waals surface area contributed by atoms with Crippen LogP contribution in [-0.4, -0.2) is 52.1 Å². The van der Waals surface area contributed by atoms with Crippen molar-refractivity contribution >= 4 is 35.0 Å². The van der Waals surface area contributed by atoms with E-state index >= 15 is 0 Å². The van der Waals surface area contributed by atoms with Gasteiger partial charge >= 0.3 is 0 Å². The van der Waals surface area contributed by atoms with Gasteiger partial charge in [-0.2, -0.15) is 0 Å². The quantitative estimate of drug-likeness (QED) is 0.532. The molecule has 1 aromatic carbocycles. The first-order valence-electron chi connectivity index (χ1n) is 9.41. The van der Waals surface area contributed by atoms with Gasteiger partial charge in [0.05, 0.1) is 5.92 Å². The number of rotatable bonds is 1. The Kier molecular flexibility index (Phi) is 4.86. The second-order valence-electron chi connectivity index (χ2n) is 7.94. The minimum atomic E-state index is -0.861. The number of benzene rings is 1. The lowest BCUT2D eigenvalue weighted by Crippen LogP contribution is -2.44. The Morgan fingerprint density at radius 3 is 2.19 bits per heavy atom. The largest absolute Gasteiger partial charge is 0.342 e.